The standard InChI is InChI=1S/C29H38N2O5SSi/c1-20-17-31(28(34)30-27(20)33)26-16-23(24(32)19-37-5)25(36-26)18-35-38(29(2,3)4,21-12-8-6-9-13-21)22-14-10-7-11-15-22/h6-15,17,23-26,32H,16,18-19H2,1-5H3,(H,30,33,34)/t23?,24?,25-,26-/m1/s1. The second-order valence-corrected chi connectivity index (χ2v) is 16.2. The predicted octanol–water partition coefficient (Wildman–Crippen LogP) is 3.05. The van der Waals surface area contributed by atoms with Crippen LogP contribution in [-0.2, 0) is 9.16 Å². The highest BCUT2D eigenvalue weighted by Gasteiger charge is 2.51. The van der Waals surface area contributed by atoms with Crippen LogP contribution in [0.1, 0.15) is 39.0 Å². The van der Waals surface area contributed by atoms with Crippen LogP contribution in [-0.4, -0.2) is 53.8 Å². The number of hydrogen-bond donors (Lipinski definition) is 2. The highest BCUT2D eigenvalue weighted by atomic mass is 32.2. The van der Waals surface area contributed by atoms with E-state index in [1.807, 2.05) is 42.7 Å². The molecular weight excluding hydrogens is 516 g/mol. The lowest BCUT2D eigenvalue weighted by atomic mass is 9.95. The molecule has 4 atom stereocenters. The SMILES string of the molecule is CSCC(O)C1C[C@H](n2cc(C)c(=O)[nH]c2=O)O[C@@H]1CO[Si](c1ccccc1)(c1ccccc1)C(C)(C)C. The van der Waals surface area contributed by atoms with Gasteiger partial charge in [0.1, 0.15) is 6.23 Å². The summed E-state index contributed by atoms with van der Waals surface area (Å²) < 4.78 is 15.0. The molecule has 4 rings (SSSR count). The van der Waals surface area contributed by atoms with Gasteiger partial charge in [0.15, 0.2) is 0 Å². The van der Waals surface area contributed by atoms with Gasteiger partial charge in [-0.2, -0.15) is 11.8 Å². The fraction of sp³-hybridized carbons (Fsp3) is 0.448. The predicted molar refractivity (Wildman–Crippen MR) is 156 cm³/mol. The molecule has 2 heterocycles. The van der Waals surface area contributed by atoms with E-state index < -0.39 is 38.0 Å². The van der Waals surface area contributed by atoms with Gasteiger partial charge in [-0.05, 0) is 28.6 Å². The van der Waals surface area contributed by atoms with Gasteiger partial charge in [0, 0.05) is 29.9 Å². The number of nitrogens with zero attached hydrogens (tertiary/aromatic N) is 1. The Morgan fingerprint density at radius 2 is 1.68 bits per heavy atom. The number of thioether (sulfide) groups is 1. The largest absolute Gasteiger partial charge is 0.405 e. The summed E-state index contributed by atoms with van der Waals surface area (Å²) in [5.74, 6) is 0.320. The lowest BCUT2D eigenvalue weighted by Gasteiger charge is -2.43. The van der Waals surface area contributed by atoms with Crippen LogP contribution in [0.15, 0.2) is 76.4 Å². The second-order valence-electron chi connectivity index (χ2n) is 11.0. The van der Waals surface area contributed by atoms with E-state index in [0.717, 1.165) is 0 Å². The molecule has 1 aliphatic rings. The summed E-state index contributed by atoms with van der Waals surface area (Å²) >= 11 is 1.57. The minimum Gasteiger partial charge on any atom is -0.405 e. The number of rotatable bonds is 9. The first-order valence-corrected chi connectivity index (χ1v) is 16.3. The van der Waals surface area contributed by atoms with E-state index in [2.05, 4.69) is 50.0 Å². The van der Waals surface area contributed by atoms with Crippen molar-refractivity contribution in [3.05, 3.63) is 93.3 Å². The van der Waals surface area contributed by atoms with Gasteiger partial charge in [-0.25, -0.2) is 4.79 Å². The van der Waals surface area contributed by atoms with Crippen molar-refractivity contribution in [2.45, 2.75) is 57.6 Å². The van der Waals surface area contributed by atoms with Crippen LogP contribution >= 0.6 is 11.8 Å². The third kappa shape index (κ3) is 5.62. The third-order valence-corrected chi connectivity index (χ3v) is 13.1. The van der Waals surface area contributed by atoms with E-state index in [0.29, 0.717) is 17.7 Å². The topological polar surface area (TPSA) is 93.6 Å². The van der Waals surface area contributed by atoms with Gasteiger partial charge in [-0.15, -0.1) is 0 Å². The lowest BCUT2D eigenvalue weighted by Crippen LogP contribution is -2.67. The number of aliphatic hydroxyl groups excluding tert-OH is 1. The Hall–Kier alpha value is -2.43. The molecule has 204 valence electrons. The minimum absolute atomic E-state index is 0.200. The van der Waals surface area contributed by atoms with Crippen LogP contribution in [0.3, 0.4) is 0 Å². The fourth-order valence-electron chi connectivity index (χ4n) is 5.55. The molecule has 0 spiro atoms. The number of H-pyrrole nitrogens is 1. The molecule has 2 N–H and O–H groups in total. The zero-order valence-electron chi connectivity index (χ0n) is 22.7. The molecule has 0 amide bonds. The van der Waals surface area contributed by atoms with Crippen LogP contribution in [0.5, 0.6) is 0 Å². The van der Waals surface area contributed by atoms with Gasteiger partial charge < -0.3 is 14.3 Å². The Morgan fingerprint density at radius 3 is 2.21 bits per heavy atom. The number of benzene rings is 2. The second kappa shape index (κ2) is 11.8. The summed E-state index contributed by atoms with van der Waals surface area (Å²) in [6.07, 6.45) is 2.29. The number of aromatic amines is 1. The van der Waals surface area contributed by atoms with Gasteiger partial charge in [0.25, 0.3) is 13.9 Å². The molecule has 1 aromatic heterocycles. The Morgan fingerprint density at radius 1 is 1.11 bits per heavy atom. The summed E-state index contributed by atoms with van der Waals surface area (Å²) in [4.78, 5) is 26.9. The van der Waals surface area contributed by atoms with E-state index in [4.69, 9.17) is 9.16 Å². The molecule has 1 aliphatic heterocycles. The van der Waals surface area contributed by atoms with Crippen molar-refractivity contribution in [3.63, 3.8) is 0 Å². The average Bonchev–Trinajstić information content (AvgIpc) is 3.31. The van der Waals surface area contributed by atoms with E-state index in [1.165, 1.54) is 21.1 Å². The number of hydrogen-bond acceptors (Lipinski definition) is 6. The smallest absolute Gasteiger partial charge is 0.330 e. The molecule has 38 heavy (non-hydrogen) atoms. The molecule has 1 saturated heterocycles. The molecule has 2 unspecified atom stereocenters. The molecule has 9 heteroatoms. The first kappa shape index (κ1) is 28.6. The van der Waals surface area contributed by atoms with Crippen LogP contribution < -0.4 is 21.6 Å². The zero-order valence-corrected chi connectivity index (χ0v) is 24.5. The van der Waals surface area contributed by atoms with Crippen molar-refractivity contribution in [1.82, 2.24) is 9.55 Å². The molecule has 0 radical (unpaired) electrons. The van der Waals surface area contributed by atoms with E-state index >= 15 is 0 Å². The van der Waals surface area contributed by atoms with Crippen molar-refractivity contribution in [3.8, 4) is 0 Å². The van der Waals surface area contributed by atoms with Crippen molar-refractivity contribution in [2.24, 2.45) is 5.92 Å². The average molecular weight is 555 g/mol. The summed E-state index contributed by atoms with van der Waals surface area (Å²) in [6, 6.07) is 20.8. The lowest BCUT2D eigenvalue weighted by molar-refractivity contribution is -0.0402. The third-order valence-electron chi connectivity index (χ3n) is 7.45. The maximum Gasteiger partial charge on any atom is 0.330 e. The molecule has 3 aromatic rings. The summed E-state index contributed by atoms with van der Waals surface area (Å²) in [7, 11) is -2.81. The van der Waals surface area contributed by atoms with E-state index in [-0.39, 0.29) is 17.6 Å². The molecule has 0 bridgehead atoms. The Labute approximate surface area is 229 Å². The monoisotopic (exact) mass is 554 g/mol. The quantitative estimate of drug-likeness (QED) is 0.395. The highest BCUT2D eigenvalue weighted by molar-refractivity contribution is 7.98. The van der Waals surface area contributed by atoms with Crippen LogP contribution in [0, 0.1) is 12.8 Å². The maximum absolute atomic E-state index is 12.6. The van der Waals surface area contributed by atoms with E-state index in [1.54, 1.807) is 18.7 Å². The molecule has 0 saturated carbocycles. The van der Waals surface area contributed by atoms with Gasteiger partial charge >= 0.3 is 5.69 Å². The van der Waals surface area contributed by atoms with Crippen molar-refractivity contribution >= 4 is 30.5 Å². The Balaban J connectivity index is 1.72. The van der Waals surface area contributed by atoms with Crippen LogP contribution in [0.2, 0.25) is 5.04 Å². The Kier molecular flexibility index (Phi) is 8.84. The summed E-state index contributed by atoms with van der Waals surface area (Å²) in [5.41, 5.74) is -0.492. The van der Waals surface area contributed by atoms with Crippen molar-refractivity contribution in [1.29, 1.82) is 0 Å². The fourth-order valence-corrected chi connectivity index (χ4v) is 10.7. The van der Waals surface area contributed by atoms with E-state index in [9.17, 15) is 14.7 Å². The number of ether oxygens (including phenoxy) is 1. The first-order valence-electron chi connectivity index (χ1n) is 13.0. The van der Waals surface area contributed by atoms with Gasteiger partial charge in [0.2, 0.25) is 0 Å². The molecule has 1 fully saturated rings. The van der Waals surface area contributed by atoms with Crippen molar-refractivity contribution < 1.29 is 14.3 Å². The summed E-state index contributed by atoms with van der Waals surface area (Å²) in [6.45, 7) is 8.60. The maximum atomic E-state index is 12.6. The normalized spacial score (nSPS) is 20.9. The van der Waals surface area contributed by atoms with Crippen molar-refractivity contribution in [2.75, 3.05) is 18.6 Å². The van der Waals surface area contributed by atoms with Crippen LogP contribution in [0.25, 0.3) is 0 Å². The van der Waals surface area contributed by atoms with Gasteiger partial charge in [-0.3, -0.25) is 14.3 Å². The highest BCUT2D eigenvalue weighted by Crippen LogP contribution is 2.40. The number of nitrogens with one attached hydrogen (secondary N) is 1. The number of aryl methyl sites for hydroxylation is 1. The number of aliphatic hydroxyl groups is 1. The molecule has 2 aromatic carbocycles. The molecular formula is C29H38N2O5SSi. The zero-order chi connectivity index (χ0) is 27.5. The molecule has 7 nitrogen and oxygen atoms in total. The first-order chi connectivity index (χ1) is 18.1. The number of aromatic nitrogens is 2. The minimum atomic E-state index is -2.81. The summed E-state index contributed by atoms with van der Waals surface area (Å²) in [5, 5.41) is 13.2. The Bertz CT molecular complexity index is 1280. The molecule has 0 aliphatic carbocycles. The van der Waals surface area contributed by atoms with Gasteiger partial charge in [-0.1, -0.05) is 81.4 Å². The van der Waals surface area contributed by atoms with Crippen LogP contribution in [0.4, 0.5) is 0 Å². The van der Waals surface area contributed by atoms with Gasteiger partial charge in [0.05, 0.1) is 18.8 Å².